The molecular formula is C24H36N6O2S4. The molecule has 0 aliphatic carbocycles. The van der Waals surface area contributed by atoms with Gasteiger partial charge in [-0.3, -0.25) is 9.97 Å². The Morgan fingerprint density at radius 2 is 1.19 bits per heavy atom. The number of thioether (sulfide) groups is 2. The van der Waals surface area contributed by atoms with Crippen LogP contribution in [0.4, 0.5) is 0 Å². The minimum Gasteiger partial charge on any atom is -0.495 e. The second kappa shape index (κ2) is 17.4. The van der Waals surface area contributed by atoms with E-state index in [2.05, 4.69) is 19.8 Å². The minimum atomic E-state index is 0.429. The van der Waals surface area contributed by atoms with E-state index in [1.165, 1.54) is 0 Å². The molecule has 0 unspecified atom stereocenters. The van der Waals surface area contributed by atoms with Crippen molar-refractivity contribution in [1.82, 2.24) is 19.8 Å². The number of hydrogen-bond acceptors (Lipinski definition) is 8. The van der Waals surface area contributed by atoms with Gasteiger partial charge in [0.1, 0.15) is 11.5 Å². The highest BCUT2D eigenvalue weighted by molar-refractivity contribution is 7.98. The molecule has 0 bridgehead atoms. The van der Waals surface area contributed by atoms with Crippen LogP contribution in [0.3, 0.4) is 0 Å². The van der Waals surface area contributed by atoms with Crippen LogP contribution in [0.1, 0.15) is 24.2 Å². The molecule has 2 aromatic heterocycles. The number of hydrogen-bond donors (Lipinski definition) is 2. The zero-order chi connectivity index (χ0) is 26.2. The van der Waals surface area contributed by atoms with Gasteiger partial charge < -0.3 is 30.7 Å². The summed E-state index contributed by atoms with van der Waals surface area (Å²) in [5.41, 5.74) is 13.8. The predicted molar refractivity (Wildman–Crippen MR) is 160 cm³/mol. The largest absolute Gasteiger partial charge is 0.495 e. The maximum atomic E-state index is 5.96. The van der Waals surface area contributed by atoms with E-state index < -0.39 is 0 Å². The summed E-state index contributed by atoms with van der Waals surface area (Å²) in [6.45, 7) is 3.20. The molecule has 0 amide bonds. The Hall–Kier alpha value is -2.02. The number of nitrogens with two attached hydrogens (primary N) is 2. The van der Waals surface area contributed by atoms with Crippen LogP contribution in [-0.4, -0.2) is 81.9 Å². The van der Waals surface area contributed by atoms with Crippen LogP contribution >= 0.6 is 48.0 Å². The van der Waals surface area contributed by atoms with E-state index in [0.717, 1.165) is 84.9 Å². The molecule has 0 fully saturated rings. The highest BCUT2D eigenvalue weighted by atomic mass is 32.2. The van der Waals surface area contributed by atoms with Gasteiger partial charge in [0.25, 0.3) is 0 Å². The summed E-state index contributed by atoms with van der Waals surface area (Å²) in [4.78, 5) is 12.9. The van der Waals surface area contributed by atoms with Crippen molar-refractivity contribution in [3.8, 4) is 11.5 Å². The van der Waals surface area contributed by atoms with Gasteiger partial charge in [-0.25, -0.2) is 0 Å². The first-order valence-corrected chi connectivity index (χ1v) is 14.8. The first kappa shape index (κ1) is 30.2. The number of thiocarbonyl (C=S) groups is 2. The smallest absolute Gasteiger partial charge is 0.166 e. The molecule has 2 aromatic rings. The third-order valence-electron chi connectivity index (χ3n) is 5.35. The second-order valence-electron chi connectivity index (χ2n) is 7.77. The van der Waals surface area contributed by atoms with Gasteiger partial charge in [-0.1, -0.05) is 0 Å². The Bertz CT molecular complexity index is 877. The van der Waals surface area contributed by atoms with Crippen molar-refractivity contribution < 1.29 is 9.47 Å². The number of unbranched alkanes of at least 4 members (excludes halogenated alkanes) is 1. The molecule has 4 N–H and O–H groups in total. The molecule has 0 atom stereocenters. The first-order valence-electron chi connectivity index (χ1n) is 11.7. The van der Waals surface area contributed by atoms with Crippen molar-refractivity contribution >= 4 is 58.2 Å². The average molecular weight is 569 g/mol. The van der Waals surface area contributed by atoms with Gasteiger partial charge in [0.2, 0.25) is 0 Å². The van der Waals surface area contributed by atoms with Crippen LogP contribution in [0, 0.1) is 0 Å². The van der Waals surface area contributed by atoms with Crippen LogP contribution in [-0.2, 0) is 11.5 Å². The molecular weight excluding hydrogens is 533 g/mol. The van der Waals surface area contributed by atoms with Crippen molar-refractivity contribution in [2.24, 2.45) is 11.5 Å². The zero-order valence-corrected chi connectivity index (χ0v) is 24.2. The molecule has 0 aromatic carbocycles. The van der Waals surface area contributed by atoms with Gasteiger partial charge >= 0.3 is 0 Å². The van der Waals surface area contributed by atoms with E-state index >= 15 is 0 Å². The van der Waals surface area contributed by atoms with Crippen molar-refractivity contribution in [3.05, 3.63) is 48.0 Å². The van der Waals surface area contributed by atoms with Crippen molar-refractivity contribution in [1.29, 1.82) is 0 Å². The third-order valence-corrected chi connectivity index (χ3v) is 7.77. The molecule has 2 heterocycles. The summed E-state index contributed by atoms with van der Waals surface area (Å²) < 4.78 is 10.7. The fraction of sp³-hybridized carbons (Fsp3) is 0.500. The lowest BCUT2D eigenvalue weighted by atomic mass is 10.3. The molecule has 0 radical (unpaired) electrons. The first-order chi connectivity index (χ1) is 17.5. The third kappa shape index (κ3) is 10.9. The van der Waals surface area contributed by atoms with Gasteiger partial charge in [0.05, 0.1) is 25.6 Å². The molecule has 0 aliphatic rings. The lowest BCUT2D eigenvalue weighted by Crippen LogP contribution is -2.39. The molecule has 198 valence electrons. The van der Waals surface area contributed by atoms with Crippen LogP contribution in [0.15, 0.2) is 36.7 Å². The summed E-state index contributed by atoms with van der Waals surface area (Å²) in [6.07, 6.45) is 5.47. The number of ether oxygens (including phenoxy) is 2. The van der Waals surface area contributed by atoms with E-state index in [9.17, 15) is 0 Å². The summed E-state index contributed by atoms with van der Waals surface area (Å²) in [6, 6.07) is 7.60. The zero-order valence-electron chi connectivity index (χ0n) is 20.9. The number of nitrogens with zero attached hydrogens (tertiary/aromatic N) is 4. The van der Waals surface area contributed by atoms with Crippen LogP contribution in [0.25, 0.3) is 0 Å². The number of rotatable bonds is 17. The summed E-state index contributed by atoms with van der Waals surface area (Å²) >= 11 is 14.1. The van der Waals surface area contributed by atoms with E-state index in [0.29, 0.717) is 10.2 Å². The predicted octanol–water partition coefficient (Wildman–Crippen LogP) is 3.53. The average Bonchev–Trinajstić information content (AvgIpc) is 2.88. The Kier molecular flexibility index (Phi) is 14.6. The quantitative estimate of drug-likeness (QED) is 0.216. The minimum absolute atomic E-state index is 0.429. The van der Waals surface area contributed by atoms with Crippen molar-refractivity contribution in [3.63, 3.8) is 0 Å². The highest BCUT2D eigenvalue weighted by Gasteiger charge is 2.11. The fourth-order valence-electron chi connectivity index (χ4n) is 3.39. The molecule has 0 saturated heterocycles. The van der Waals surface area contributed by atoms with Gasteiger partial charge in [-0.05, 0) is 61.5 Å². The van der Waals surface area contributed by atoms with Crippen LogP contribution < -0.4 is 20.9 Å². The maximum Gasteiger partial charge on any atom is 0.166 e. The molecule has 12 heteroatoms. The van der Waals surface area contributed by atoms with Crippen LogP contribution in [0.5, 0.6) is 11.5 Å². The lowest BCUT2D eigenvalue weighted by molar-refractivity contribution is 0.388. The monoisotopic (exact) mass is 568 g/mol. The SMILES string of the molecule is COc1cccnc1CSCCN(CCCCN(CCSCc1ncccc1OC)C(N)=S)C(N)=S. The number of pyridine rings is 2. The summed E-state index contributed by atoms with van der Waals surface area (Å²) in [5, 5.41) is 0.858. The summed E-state index contributed by atoms with van der Waals surface area (Å²) in [5.74, 6) is 4.98. The van der Waals surface area contributed by atoms with Crippen molar-refractivity contribution in [2.75, 3.05) is 51.9 Å². The Labute approximate surface area is 233 Å². The van der Waals surface area contributed by atoms with Gasteiger partial charge in [0, 0.05) is 61.6 Å². The topological polar surface area (TPSA) is 103 Å². The van der Waals surface area contributed by atoms with Crippen LogP contribution in [0.2, 0.25) is 0 Å². The molecule has 8 nitrogen and oxygen atoms in total. The molecule has 36 heavy (non-hydrogen) atoms. The normalized spacial score (nSPS) is 10.6. The van der Waals surface area contributed by atoms with E-state index in [1.54, 1.807) is 50.1 Å². The second-order valence-corrected chi connectivity index (χ2v) is 10.8. The Morgan fingerprint density at radius 1 is 0.778 bits per heavy atom. The van der Waals surface area contributed by atoms with E-state index in [1.807, 2.05) is 24.3 Å². The van der Waals surface area contributed by atoms with Gasteiger partial charge in [-0.2, -0.15) is 23.5 Å². The summed E-state index contributed by atoms with van der Waals surface area (Å²) in [7, 11) is 3.33. The number of aromatic nitrogens is 2. The van der Waals surface area contributed by atoms with Gasteiger partial charge in [-0.15, -0.1) is 0 Å². The van der Waals surface area contributed by atoms with Gasteiger partial charge in [0.15, 0.2) is 10.2 Å². The molecule has 0 saturated carbocycles. The van der Waals surface area contributed by atoms with Crippen molar-refractivity contribution in [2.45, 2.75) is 24.3 Å². The Balaban J connectivity index is 1.66. The number of methoxy groups -OCH3 is 2. The maximum absolute atomic E-state index is 5.96. The van der Waals surface area contributed by atoms with E-state index in [-0.39, 0.29) is 0 Å². The molecule has 2 rings (SSSR count). The van der Waals surface area contributed by atoms with E-state index in [4.69, 9.17) is 45.4 Å². The molecule has 0 aliphatic heterocycles. The standard InChI is InChI=1S/C24H36N6O2S4/c1-31-21-7-5-9-27-19(21)17-35-15-13-29(23(25)33)11-3-4-12-30(24(26)34)14-16-36-18-20-22(32-2)8-6-10-28-20/h5-10H,3-4,11-18H2,1-2H3,(H2,25,33)(H2,26,34). The Morgan fingerprint density at radius 3 is 1.56 bits per heavy atom. The lowest BCUT2D eigenvalue weighted by Gasteiger charge is -2.25. The fourth-order valence-corrected chi connectivity index (χ4v) is 5.56. The molecule has 0 spiro atoms. The highest BCUT2D eigenvalue weighted by Crippen LogP contribution is 2.21.